The van der Waals surface area contributed by atoms with Crippen molar-refractivity contribution >= 4 is 0 Å². The van der Waals surface area contributed by atoms with Crippen molar-refractivity contribution in [1.29, 1.82) is 0 Å². The second-order valence-electron chi connectivity index (χ2n) is 4.36. The smallest absolute Gasteiger partial charge is 0.114 e. The van der Waals surface area contributed by atoms with Gasteiger partial charge < -0.3 is 4.74 Å². The molecule has 0 saturated carbocycles. The Bertz CT molecular complexity index is 321. The van der Waals surface area contributed by atoms with E-state index in [2.05, 4.69) is 23.8 Å². The van der Waals surface area contributed by atoms with Crippen molar-refractivity contribution in [2.45, 2.75) is 26.0 Å². The molecule has 1 aromatic rings. The third-order valence-electron chi connectivity index (χ3n) is 2.89. The largest absolute Gasteiger partial charge is 0.369 e. The van der Waals surface area contributed by atoms with Crippen molar-refractivity contribution in [2.24, 2.45) is 7.05 Å². The van der Waals surface area contributed by atoms with E-state index in [1.165, 1.54) is 0 Å². The molecule has 1 atom stereocenters. The maximum atomic E-state index is 5.74. The van der Waals surface area contributed by atoms with Gasteiger partial charge in [-0.05, 0) is 19.9 Å². The monoisotopic (exact) mass is 209 g/mol. The van der Waals surface area contributed by atoms with E-state index in [-0.39, 0.29) is 6.10 Å². The van der Waals surface area contributed by atoms with Gasteiger partial charge in [0, 0.05) is 32.4 Å². The number of ether oxygens (including phenoxy) is 1. The standard InChI is InChI=1S/C11H19N3O/c1-9(2)14-6-7-15-11(8-14)10-4-5-13(3)12-10/h4-5,9,11H,6-8H2,1-3H3. The molecule has 1 aliphatic rings. The number of morpholine rings is 1. The van der Waals surface area contributed by atoms with E-state index in [0.717, 1.165) is 25.4 Å². The highest BCUT2D eigenvalue weighted by atomic mass is 16.5. The van der Waals surface area contributed by atoms with Crippen LogP contribution in [-0.2, 0) is 11.8 Å². The van der Waals surface area contributed by atoms with E-state index < -0.39 is 0 Å². The van der Waals surface area contributed by atoms with Crippen molar-refractivity contribution in [2.75, 3.05) is 19.7 Å². The lowest BCUT2D eigenvalue weighted by atomic mass is 10.2. The number of aryl methyl sites for hydroxylation is 1. The zero-order valence-corrected chi connectivity index (χ0v) is 9.68. The second kappa shape index (κ2) is 4.33. The summed E-state index contributed by atoms with van der Waals surface area (Å²) in [5.41, 5.74) is 1.04. The van der Waals surface area contributed by atoms with Gasteiger partial charge in [0.2, 0.25) is 0 Å². The second-order valence-corrected chi connectivity index (χ2v) is 4.36. The first-order valence-corrected chi connectivity index (χ1v) is 5.52. The minimum atomic E-state index is 0.141. The van der Waals surface area contributed by atoms with Gasteiger partial charge in [0.1, 0.15) is 6.10 Å². The van der Waals surface area contributed by atoms with Crippen LogP contribution >= 0.6 is 0 Å². The normalized spacial score (nSPS) is 23.6. The molecule has 0 aliphatic carbocycles. The summed E-state index contributed by atoms with van der Waals surface area (Å²) in [5.74, 6) is 0. The fourth-order valence-electron chi connectivity index (χ4n) is 1.92. The Labute approximate surface area is 90.8 Å². The first-order valence-electron chi connectivity index (χ1n) is 5.52. The molecule has 4 nitrogen and oxygen atoms in total. The lowest BCUT2D eigenvalue weighted by Gasteiger charge is -2.34. The molecule has 0 amide bonds. The zero-order valence-electron chi connectivity index (χ0n) is 9.68. The molecule has 0 aromatic carbocycles. The summed E-state index contributed by atoms with van der Waals surface area (Å²) in [6.45, 7) is 7.23. The highest BCUT2D eigenvalue weighted by Gasteiger charge is 2.24. The molecule has 84 valence electrons. The Morgan fingerprint density at radius 2 is 2.33 bits per heavy atom. The summed E-state index contributed by atoms with van der Waals surface area (Å²) in [6, 6.07) is 2.62. The maximum Gasteiger partial charge on any atom is 0.114 e. The summed E-state index contributed by atoms with van der Waals surface area (Å²) in [4.78, 5) is 2.43. The van der Waals surface area contributed by atoms with Crippen LogP contribution in [0, 0.1) is 0 Å². The van der Waals surface area contributed by atoms with Crippen molar-refractivity contribution in [3.05, 3.63) is 18.0 Å². The SMILES string of the molecule is CC(C)N1CCOC(c2ccn(C)n2)C1. The quantitative estimate of drug-likeness (QED) is 0.733. The summed E-state index contributed by atoms with van der Waals surface area (Å²) >= 11 is 0. The first-order chi connectivity index (χ1) is 7.16. The third-order valence-corrected chi connectivity index (χ3v) is 2.89. The van der Waals surface area contributed by atoms with Gasteiger partial charge >= 0.3 is 0 Å². The van der Waals surface area contributed by atoms with Gasteiger partial charge in [0.25, 0.3) is 0 Å². The molecule has 4 heteroatoms. The summed E-state index contributed by atoms with van der Waals surface area (Å²) in [7, 11) is 1.94. The minimum Gasteiger partial charge on any atom is -0.369 e. The van der Waals surface area contributed by atoms with Crippen molar-refractivity contribution in [3.8, 4) is 0 Å². The van der Waals surface area contributed by atoms with Gasteiger partial charge in [-0.25, -0.2) is 0 Å². The average molecular weight is 209 g/mol. The van der Waals surface area contributed by atoms with Crippen LogP contribution in [0.4, 0.5) is 0 Å². The molecule has 15 heavy (non-hydrogen) atoms. The number of nitrogens with zero attached hydrogens (tertiary/aromatic N) is 3. The number of rotatable bonds is 2. The maximum absolute atomic E-state index is 5.74. The topological polar surface area (TPSA) is 30.3 Å². The average Bonchev–Trinajstić information content (AvgIpc) is 2.65. The van der Waals surface area contributed by atoms with Crippen LogP contribution in [0.2, 0.25) is 0 Å². The van der Waals surface area contributed by atoms with Crippen molar-refractivity contribution in [3.63, 3.8) is 0 Å². The highest BCUT2D eigenvalue weighted by Crippen LogP contribution is 2.21. The summed E-state index contributed by atoms with van der Waals surface area (Å²) in [6.07, 6.45) is 2.11. The zero-order chi connectivity index (χ0) is 10.8. The van der Waals surface area contributed by atoms with Crippen LogP contribution in [0.5, 0.6) is 0 Å². The molecule has 0 bridgehead atoms. The molecule has 1 fully saturated rings. The fraction of sp³-hybridized carbons (Fsp3) is 0.727. The predicted octanol–water partition coefficient (Wildman–Crippen LogP) is 1.20. The van der Waals surface area contributed by atoms with Gasteiger partial charge in [0.15, 0.2) is 0 Å². The first kappa shape index (κ1) is 10.6. The van der Waals surface area contributed by atoms with Gasteiger partial charge in [-0.2, -0.15) is 5.10 Å². The van der Waals surface area contributed by atoms with Crippen LogP contribution in [-0.4, -0.2) is 40.4 Å². The van der Waals surface area contributed by atoms with Gasteiger partial charge in [-0.3, -0.25) is 9.58 Å². The fourth-order valence-corrected chi connectivity index (χ4v) is 1.92. The summed E-state index contributed by atoms with van der Waals surface area (Å²) in [5, 5.41) is 4.39. The van der Waals surface area contributed by atoms with E-state index in [4.69, 9.17) is 4.74 Å². The molecule has 2 heterocycles. The number of hydrogen-bond acceptors (Lipinski definition) is 3. The van der Waals surface area contributed by atoms with E-state index in [1.54, 1.807) is 0 Å². The molecule has 1 saturated heterocycles. The molecule has 0 spiro atoms. The van der Waals surface area contributed by atoms with Gasteiger partial charge in [0.05, 0.1) is 12.3 Å². The number of hydrogen-bond donors (Lipinski definition) is 0. The molecular formula is C11H19N3O. The van der Waals surface area contributed by atoms with E-state index >= 15 is 0 Å². The van der Waals surface area contributed by atoms with Crippen molar-refractivity contribution in [1.82, 2.24) is 14.7 Å². The van der Waals surface area contributed by atoms with Crippen LogP contribution in [0.15, 0.2) is 12.3 Å². The van der Waals surface area contributed by atoms with Crippen LogP contribution < -0.4 is 0 Å². The van der Waals surface area contributed by atoms with E-state index in [1.807, 2.05) is 24.0 Å². The Balaban J connectivity index is 2.04. The molecule has 1 aromatic heterocycles. The minimum absolute atomic E-state index is 0.141. The van der Waals surface area contributed by atoms with Crippen LogP contribution in [0.3, 0.4) is 0 Å². The van der Waals surface area contributed by atoms with Crippen molar-refractivity contribution < 1.29 is 4.74 Å². The Morgan fingerprint density at radius 3 is 2.93 bits per heavy atom. The van der Waals surface area contributed by atoms with Crippen LogP contribution in [0.25, 0.3) is 0 Å². The summed E-state index contributed by atoms with van der Waals surface area (Å²) < 4.78 is 7.57. The van der Waals surface area contributed by atoms with Gasteiger partial charge in [-0.1, -0.05) is 0 Å². The highest BCUT2D eigenvalue weighted by molar-refractivity contribution is 5.04. The molecule has 0 N–H and O–H groups in total. The molecule has 1 aliphatic heterocycles. The molecular weight excluding hydrogens is 190 g/mol. The predicted molar refractivity (Wildman–Crippen MR) is 58.6 cm³/mol. The lowest BCUT2D eigenvalue weighted by molar-refractivity contribution is -0.0423. The van der Waals surface area contributed by atoms with E-state index in [0.29, 0.717) is 6.04 Å². The molecule has 1 unspecified atom stereocenters. The molecule has 2 rings (SSSR count). The lowest BCUT2D eigenvalue weighted by Crippen LogP contribution is -2.42. The Morgan fingerprint density at radius 1 is 1.53 bits per heavy atom. The number of aromatic nitrogens is 2. The Hall–Kier alpha value is -0.870. The molecule has 0 radical (unpaired) electrons. The van der Waals surface area contributed by atoms with E-state index in [9.17, 15) is 0 Å². The third kappa shape index (κ3) is 2.38. The van der Waals surface area contributed by atoms with Gasteiger partial charge in [-0.15, -0.1) is 0 Å². The van der Waals surface area contributed by atoms with Crippen LogP contribution in [0.1, 0.15) is 25.6 Å². The Kier molecular flexibility index (Phi) is 3.07.